The standard InChI is InChI=1S/C10H16N2O7/c13-2-1-7(3-11-4-8(14)15)12(5-9(16)17)6-10(18)19/h2,7,11H,1,3-6H2,(H,14,15)(H,16,17)(H,18,19). The molecule has 19 heavy (non-hydrogen) atoms. The molecule has 0 aromatic rings. The average molecular weight is 276 g/mol. The molecule has 108 valence electrons. The quantitative estimate of drug-likeness (QED) is 0.317. The van der Waals surface area contributed by atoms with Gasteiger partial charge in [-0.15, -0.1) is 0 Å². The second kappa shape index (κ2) is 9.00. The average Bonchev–Trinajstić information content (AvgIpc) is 2.25. The molecule has 0 aliphatic rings. The highest BCUT2D eigenvalue weighted by Gasteiger charge is 2.22. The van der Waals surface area contributed by atoms with Crippen molar-refractivity contribution in [2.75, 3.05) is 26.2 Å². The van der Waals surface area contributed by atoms with Crippen LogP contribution < -0.4 is 5.32 Å². The maximum atomic E-state index is 10.6. The highest BCUT2D eigenvalue weighted by Crippen LogP contribution is 2.02. The van der Waals surface area contributed by atoms with Gasteiger partial charge in [0.15, 0.2) is 0 Å². The van der Waals surface area contributed by atoms with Crippen molar-refractivity contribution in [1.82, 2.24) is 10.2 Å². The minimum Gasteiger partial charge on any atom is -0.480 e. The van der Waals surface area contributed by atoms with E-state index in [0.717, 1.165) is 4.90 Å². The van der Waals surface area contributed by atoms with Gasteiger partial charge in [-0.1, -0.05) is 0 Å². The molecule has 0 aliphatic carbocycles. The Morgan fingerprint density at radius 2 is 1.58 bits per heavy atom. The van der Waals surface area contributed by atoms with Crippen molar-refractivity contribution < 1.29 is 34.5 Å². The third-order valence-electron chi connectivity index (χ3n) is 2.22. The molecule has 0 amide bonds. The minimum absolute atomic E-state index is 0.00556. The summed E-state index contributed by atoms with van der Waals surface area (Å²) in [4.78, 5) is 43.2. The number of aliphatic carboxylic acids is 3. The van der Waals surface area contributed by atoms with E-state index in [0.29, 0.717) is 6.29 Å². The Labute approximate surface area is 108 Å². The molecule has 0 heterocycles. The molecule has 0 radical (unpaired) electrons. The van der Waals surface area contributed by atoms with E-state index in [1.165, 1.54) is 0 Å². The molecule has 0 rings (SSSR count). The molecule has 0 aliphatic heterocycles. The van der Waals surface area contributed by atoms with Crippen LogP contribution in [0.15, 0.2) is 0 Å². The Morgan fingerprint density at radius 3 is 1.95 bits per heavy atom. The molecule has 9 nitrogen and oxygen atoms in total. The summed E-state index contributed by atoms with van der Waals surface area (Å²) in [6.07, 6.45) is 0.441. The Balaban J connectivity index is 4.61. The first-order valence-corrected chi connectivity index (χ1v) is 5.40. The van der Waals surface area contributed by atoms with E-state index in [2.05, 4.69) is 5.32 Å². The number of hydrogen-bond acceptors (Lipinski definition) is 6. The lowest BCUT2D eigenvalue weighted by atomic mass is 10.1. The molecular formula is C10H16N2O7. The summed E-state index contributed by atoms with van der Waals surface area (Å²) < 4.78 is 0. The fourth-order valence-electron chi connectivity index (χ4n) is 1.48. The van der Waals surface area contributed by atoms with Crippen LogP contribution in [0.2, 0.25) is 0 Å². The van der Waals surface area contributed by atoms with Crippen LogP contribution in [0.25, 0.3) is 0 Å². The highest BCUT2D eigenvalue weighted by atomic mass is 16.4. The number of carboxylic acid groups (broad SMARTS) is 3. The number of nitrogens with zero attached hydrogens (tertiary/aromatic N) is 1. The summed E-state index contributed by atoms with van der Waals surface area (Å²) in [5.74, 6) is -3.56. The molecule has 4 N–H and O–H groups in total. The van der Waals surface area contributed by atoms with Crippen molar-refractivity contribution in [3.8, 4) is 0 Å². The second-order valence-electron chi connectivity index (χ2n) is 3.77. The summed E-state index contributed by atoms with van der Waals surface area (Å²) >= 11 is 0. The van der Waals surface area contributed by atoms with E-state index in [1.807, 2.05) is 0 Å². The zero-order valence-corrected chi connectivity index (χ0v) is 10.1. The van der Waals surface area contributed by atoms with Crippen molar-refractivity contribution in [1.29, 1.82) is 0 Å². The number of rotatable bonds is 11. The lowest BCUT2D eigenvalue weighted by Crippen LogP contribution is -2.48. The fraction of sp³-hybridized carbons (Fsp3) is 0.600. The fourth-order valence-corrected chi connectivity index (χ4v) is 1.48. The molecule has 0 saturated heterocycles. The van der Waals surface area contributed by atoms with Crippen molar-refractivity contribution in [3.63, 3.8) is 0 Å². The van der Waals surface area contributed by atoms with Crippen molar-refractivity contribution >= 4 is 24.2 Å². The van der Waals surface area contributed by atoms with Gasteiger partial charge < -0.3 is 25.4 Å². The number of hydrogen-bond donors (Lipinski definition) is 4. The van der Waals surface area contributed by atoms with Crippen LogP contribution in [0.4, 0.5) is 0 Å². The first-order valence-electron chi connectivity index (χ1n) is 5.40. The Bertz CT molecular complexity index is 329. The van der Waals surface area contributed by atoms with Crippen LogP contribution in [0, 0.1) is 0 Å². The number of aldehydes is 1. The van der Waals surface area contributed by atoms with Gasteiger partial charge in [0, 0.05) is 19.0 Å². The van der Waals surface area contributed by atoms with Gasteiger partial charge in [-0.2, -0.15) is 0 Å². The van der Waals surface area contributed by atoms with E-state index in [9.17, 15) is 19.2 Å². The maximum absolute atomic E-state index is 10.6. The molecule has 0 fully saturated rings. The Kier molecular flexibility index (Phi) is 8.05. The van der Waals surface area contributed by atoms with Crippen molar-refractivity contribution in [3.05, 3.63) is 0 Å². The first kappa shape index (κ1) is 17.0. The van der Waals surface area contributed by atoms with Gasteiger partial charge in [-0.05, 0) is 0 Å². The largest absolute Gasteiger partial charge is 0.480 e. The zero-order chi connectivity index (χ0) is 14.8. The Hall–Kier alpha value is -2.00. The third kappa shape index (κ3) is 8.69. The lowest BCUT2D eigenvalue weighted by molar-refractivity contribution is -0.143. The summed E-state index contributed by atoms with van der Waals surface area (Å²) in [5.41, 5.74) is 0. The SMILES string of the molecule is O=CCC(CNCC(=O)O)N(CC(=O)O)CC(=O)O. The van der Waals surface area contributed by atoms with E-state index in [-0.39, 0.29) is 19.5 Å². The summed E-state index contributed by atoms with van der Waals surface area (Å²) in [7, 11) is 0. The first-order chi connectivity index (χ1) is 8.86. The van der Waals surface area contributed by atoms with Crippen LogP contribution in [0.5, 0.6) is 0 Å². The van der Waals surface area contributed by atoms with Crippen molar-refractivity contribution in [2.45, 2.75) is 12.5 Å². The van der Waals surface area contributed by atoms with E-state index < -0.39 is 37.0 Å². The van der Waals surface area contributed by atoms with E-state index in [4.69, 9.17) is 15.3 Å². The zero-order valence-electron chi connectivity index (χ0n) is 10.1. The van der Waals surface area contributed by atoms with Crippen molar-refractivity contribution in [2.24, 2.45) is 0 Å². The molecule has 1 atom stereocenters. The van der Waals surface area contributed by atoms with Crippen LogP contribution >= 0.6 is 0 Å². The van der Waals surface area contributed by atoms with Gasteiger partial charge in [0.05, 0.1) is 19.6 Å². The predicted octanol–water partition coefficient (Wildman–Crippen LogP) is -1.91. The van der Waals surface area contributed by atoms with Gasteiger partial charge in [0.25, 0.3) is 0 Å². The van der Waals surface area contributed by atoms with E-state index in [1.54, 1.807) is 0 Å². The monoisotopic (exact) mass is 276 g/mol. The second-order valence-corrected chi connectivity index (χ2v) is 3.77. The number of carbonyl (C=O) groups excluding carboxylic acids is 1. The number of carboxylic acids is 3. The summed E-state index contributed by atoms with van der Waals surface area (Å²) in [6.45, 7) is -1.44. The number of nitrogens with one attached hydrogen (secondary N) is 1. The summed E-state index contributed by atoms with van der Waals surface area (Å²) in [6, 6.07) is -0.691. The predicted molar refractivity (Wildman–Crippen MR) is 61.8 cm³/mol. The molecule has 9 heteroatoms. The molecule has 0 bridgehead atoms. The van der Waals surface area contributed by atoms with Gasteiger partial charge >= 0.3 is 17.9 Å². The molecule has 0 saturated carbocycles. The maximum Gasteiger partial charge on any atom is 0.317 e. The lowest BCUT2D eigenvalue weighted by Gasteiger charge is -2.27. The van der Waals surface area contributed by atoms with Gasteiger partial charge in [0.2, 0.25) is 0 Å². The van der Waals surface area contributed by atoms with Gasteiger partial charge in [-0.25, -0.2) is 0 Å². The normalized spacial score (nSPS) is 12.1. The minimum atomic E-state index is -1.23. The number of carbonyl (C=O) groups is 4. The molecule has 0 aromatic carbocycles. The third-order valence-corrected chi connectivity index (χ3v) is 2.22. The molecule has 0 spiro atoms. The topological polar surface area (TPSA) is 144 Å². The Morgan fingerprint density at radius 1 is 1.05 bits per heavy atom. The molecule has 1 unspecified atom stereocenters. The molecular weight excluding hydrogens is 260 g/mol. The van der Waals surface area contributed by atoms with Crippen LogP contribution in [0.3, 0.4) is 0 Å². The van der Waals surface area contributed by atoms with Gasteiger partial charge in [0.1, 0.15) is 6.29 Å². The summed E-state index contributed by atoms with van der Waals surface area (Å²) in [5, 5.41) is 28.3. The molecule has 0 aromatic heterocycles. The smallest absolute Gasteiger partial charge is 0.317 e. The van der Waals surface area contributed by atoms with E-state index >= 15 is 0 Å². The van der Waals surface area contributed by atoms with Gasteiger partial charge in [-0.3, -0.25) is 19.3 Å². The highest BCUT2D eigenvalue weighted by molar-refractivity contribution is 5.73. The van der Waals surface area contributed by atoms with Crippen LogP contribution in [-0.2, 0) is 19.2 Å². The van der Waals surface area contributed by atoms with Crippen LogP contribution in [-0.4, -0.2) is 76.6 Å². The van der Waals surface area contributed by atoms with Crippen LogP contribution in [0.1, 0.15) is 6.42 Å².